The van der Waals surface area contributed by atoms with Gasteiger partial charge >= 0.3 is 12.1 Å². The quantitative estimate of drug-likeness (QED) is 0.0909. The van der Waals surface area contributed by atoms with Crippen molar-refractivity contribution in [3.8, 4) is 11.3 Å². The van der Waals surface area contributed by atoms with E-state index >= 15 is 0 Å². The lowest BCUT2D eigenvalue weighted by molar-refractivity contribution is -0.278. The molecule has 59 heavy (non-hydrogen) atoms. The number of ether oxygens (including phenoxy) is 4. The fraction of sp³-hybridized carbons (Fsp3) is 0.721. The number of Topliss-reactive ketones (excluding diaryl/α,β-unsaturated/α-hetero) is 1. The molecule has 1 aromatic carbocycles. The van der Waals surface area contributed by atoms with Gasteiger partial charge in [0.2, 0.25) is 0 Å². The van der Waals surface area contributed by atoms with Crippen molar-refractivity contribution in [1.29, 1.82) is 0 Å². The van der Waals surface area contributed by atoms with Crippen LogP contribution < -0.4 is 11.1 Å². The number of carbonyl (C=O) groups excluding carboxylic acids is 4. The maximum absolute atomic E-state index is 14.3. The molecule has 0 spiro atoms. The Morgan fingerprint density at radius 1 is 1.10 bits per heavy atom. The van der Waals surface area contributed by atoms with Crippen molar-refractivity contribution in [2.24, 2.45) is 23.7 Å². The number of cyclic esters (lactones) is 1. The molecule has 4 heterocycles. The second-order valence-electron chi connectivity index (χ2n) is 17.5. The molecule has 16 heteroatoms. The number of hydrogen-bond acceptors (Lipinski definition) is 14. The summed E-state index contributed by atoms with van der Waals surface area (Å²) in [6.45, 7) is 14.3. The molecule has 0 radical (unpaired) electrons. The van der Waals surface area contributed by atoms with Crippen LogP contribution in [0.1, 0.15) is 87.0 Å². The van der Waals surface area contributed by atoms with Gasteiger partial charge in [0, 0.05) is 48.8 Å². The third-order valence-electron chi connectivity index (χ3n) is 12.6. The van der Waals surface area contributed by atoms with Crippen LogP contribution in [-0.2, 0) is 39.9 Å². The van der Waals surface area contributed by atoms with Crippen LogP contribution >= 0.6 is 0 Å². The maximum atomic E-state index is 14.3. The first kappa shape index (κ1) is 46.1. The number of esters is 1. The first-order valence-electron chi connectivity index (χ1n) is 21.3. The van der Waals surface area contributed by atoms with Gasteiger partial charge in [-0.15, -0.1) is 5.10 Å². The summed E-state index contributed by atoms with van der Waals surface area (Å²) in [5.41, 5.74) is 6.95. The third kappa shape index (κ3) is 10.7. The van der Waals surface area contributed by atoms with E-state index in [0.717, 1.165) is 17.5 Å². The molecule has 4 N–H and O–H groups in total. The number of aliphatic hydroxyl groups is 1. The van der Waals surface area contributed by atoms with Gasteiger partial charge in [0.1, 0.15) is 30.1 Å². The number of aliphatic hydroxyl groups excluding tert-OH is 1. The average Bonchev–Trinajstić information content (AvgIpc) is 3.77. The van der Waals surface area contributed by atoms with Crippen LogP contribution in [0.3, 0.4) is 0 Å². The number of benzene rings is 1. The van der Waals surface area contributed by atoms with E-state index in [4.69, 9.17) is 24.7 Å². The molecule has 0 aliphatic carbocycles. The van der Waals surface area contributed by atoms with E-state index in [0.29, 0.717) is 57.4 Å². The topological polar surface area (TPSA) is 201 Å². The number of ketones is 1. The number of carbonyl (C=O) groups is 4. The highest BCUT2D eigenvalue weighted by atomic mass is 16.7. The number of amides is 1. The number of nitrogen functional groups attached to an aromatic ring is 1. The first-order chi connectivity index (χ1) is 28.0. The van der Waals surface area contributed by atoms with Gasteiger partial charge in [-0.05, 0) is 104 Å². The molecule has 5 rings (SSSR count). The number of nitrogens with one attached hydrogen (secondary N) is 1. The molecule has 3 aliphatic rings. The maximum Gasteiger partial charge on any atom is 0.410 e. The molecule has 13 atom stereocenters. The van der Waals surface area contributed by atoms with Gasteiger partial charge in [0.25, 0.3) is 0 Å². The van der Waals surface area contributed by atoms with Crippen molar-refractivity contribution >= 4 is 29.8 Å². The van der Waals surface area contributed by atoms with E-state index in [1.807, 2.05) is 70.2 Å². The standard InChI is InChI=1S/C43H67N7O9/c1-10-35-43(7)39(50(42(55)59-43)18-12-11-17-49-24-33(46-47-49)30-14-13-15-32(44)22-30)29(6)45-23-25(2)20-31(16-19-51)38(27(4)36(52)28(5)40(54)57-35)58-41-37(53)34(48(8)9)21-26(3)56-41/h13-15,19,22,24-29,31,34-35,37-39,41,45,53H,10-12,16-18,20-21,23,44H2,1-9H3/t25-,26?,27+,28-,29-,31+,34?,35-,37?,38-,39-,41+,43-/m1/s1. The van der Waals surface area contributed by atoms with Crippen LogP contribution in [0.5, 0.6) is 0 Å². The number of nitrogens with zero attached hydrogens (tertiary/aromatic N) is 5. The summed E-state index contributed by atoms with van der Waals surface area (Å²) in [7, 11) is 3.77. The summed E-state index contributed by atoms with van der Waals surface area (Å²) in [5, 5.41) is 23.6. The van der Waals surface area contributed by atoms with E-state index < -0.39 is 71.8 Å². The summed E-state index contributed by atoms with van der Waals surface area (Å²) in [6.07, 6.45) is 1.06. The Labute approximate surface area is 348 Å². The van der Waals surface area contributed by atoms with Gasteiger partial charge in [-0.1, -0.05) is 38.1 Å². The average molecular weight is 826 g/mol. The molecule has 3 fully saturated rings. The molecular formula is C43H67N7O9. The molecule has 1 amide bonds. The van der Waals surface area contributed by atoms with Crippen LogP contribution in [0.2, 0.25) is 0 Å². The van der Waals surface area contributed by atoms with Gasteiger partial charge in [-0.3, -0.25) is 19.2 Å². The molecule has 3 unspecified atom stereocenters. The molecule has 16 nitrogen and oxygen atoms in total. The number of likely N-dealkylation sites (N-methyl/N-ethyl adjacent to an activating group) is 1. The summed E-state index contributed by atoms with van der Waals surface area (Å²) in [5.74, 6) is -3.66. The summed E-state index contributed by atoms with van der Waals surface area (Å²) >= 11 is 0. The van der Waals surface area contributed by atoms with Crippen molar-refractivity contribution in [2.45, 2.75) is 148 Å². The van der Waals surface area contributed by atoms with Crippen LogP contribution in [-0.4, -0.2) is 136 Å². The Balaban J connectivity index is 1.37. The molecule has 1 aromatic heterocycles. The monoisotopic (exact) mass is 826 g/mol. The van der Waals surface area contributed by atoms with Crippen LogP contribution in [0, 0.1) is 23.7 Å². The van der Waals surface area contributed by atoms with Crippen LogP contribution in [0.4, 0.5) is 10.5 Å². The number of hydrogen-bond donors (Lipinski definition) is 3. The minimum absolute atomic E-state index is 0.0125. The van der Waals surface area contributed by atoms with Gasteiger partial charge in [0.05, 0.1) is 24.4 Å². The lowest BCUT2D eigenvalue weighted by Crippen LogP contribution is -2.60. The number of nitrogens with two attached hydrogens (primary N) is 1. The highest BCUT2D eigenvalue weighted by Crippen LogP contribution is 2.39. The van der Waals surface area contributed by atoms with Crippen molar-refractivity contribution in [3.05, 3.63) is 30.5 Å². The van der Waals surface area contributed by atoms with Crippen molar-refractivity contribution in [1.82, 2.24) is 30.1 Å². The largest absolute Gasteiger partial charge is 0.458 e. The smallest absolute Gasteiger partial charge is 0.410 e. The van der Waals surface area contributed by atoms with E-state index in [1.54, 1.807) is 23.4 Å². The zero-order valence-electron chi connectivity index (χ0n) is 36.3. The molecular weight excluding hydrogens is 759 g/mol. The number of rotatable bonds is 12. The molecule has 3 aliphatic heterocycles. The van der Waals surface area contributed by atoms with Crippen LogP contribution in [0.15, 0.2) is 30.5 Å². The van der Waals surface area contributed by atoms with Crippen molar-refractivity contribution in [2.75, 3.05) is 32.9 Å². The minimum atomic E-state index is -1.25. The number of aromatic nitrogens is 3. The van der Waals surface area contributed by atoms with Crippen LogP contribution in [0.25, 0.3) is 11.3 Å². The summed E-state index contributed by atoms with van der Waals surface area (Å²) in [6, 6.07) is 6.38. The van der Waals surface area contributed by atoms with Gasteiger partial charge in [-0.2, -0.15) is 0 Å². The first-order valence-corrected chi connectivity index (χ1v) is 21.3. The summed E-state index contributed by atoms with van der Waals surface area (Å²) < 4.78 is 26.9. The van der Waals surface area contributed by atoms with E-state index in [9.17, 15) is 24.3 Å². The molecule has 0 bridgehead atoms. The highest BCUT2D eigenvalue weighted by molar-refractivity contribution is 6.00. The molecule has 328 valence electrons. The second-order valence-corrected chi connectivity index (χ2v) is 17.5. The van der Waals surface area contributed by atoms with Crippen molar-refractivity contribution in [3.63, 3.8) is 0 Å². The number of fused-ring (bicyclic) bond motifs is 1. The Morgan fingerprint density at radius 3 is 2.51 bits per heavy atom. The normalized spacial score (nSPS) is 35.1. The SMILES string of the molecule is CC[C@H]1OC(=O)[C@H](C)C(=O)[C@H](C)[C@@H](O[C@@H]2OC(C)CC(N(C)C)C2O)[C@@H](CC=O)C[C@@H](C)CN[C@H](C)[C@H]2N(CCCCn3cc(-c4cccc(N)c4)nn3)C(=O)O[C@]12C. The Bertz CT molecular complexity index is 1740. The predicted octanol–water partition coefficient (Wildman–Crippen LogP) is 4.08. The van der Waals surface area contributed by atoms with Gasteiger partial charge in [0.15, 0.2) is 17.7 Å². The fourth-order valence-electron chi connectivity index (χ4n) is 9.33. The van der Waals surface area contributed by atoms with E-state index in [-0.39, 0.29) is 30.5 Å². The van der Waals surface area contributed by atoms with E-state index in [2.05, 4.69) is 22.6 Å². The van der Waals surface area contributed by atoms with Gasteiger partial charge in [-0.25, -0.2) is 4.79 Å². The number of anilines is 1. The lowest BCUT2D eigenvalue weighted by atomic mass is 9.79. The zero-order valence-corrected chi connectivity index (χ0v) is 36.3. The number of unbranched alkanes of at least 4 members (excludes halogenated alkanes) is 1. The minimum Gasteiger partial charge on any atom is -0.458 e. The second kappa shape index (κ2) is 20.1. The number of aldehydes is 1. The lowest BCUT2D eigenvalue weighted by Gasteiger charge is -2.44. The predicted molar refractivity (Wildman–Crippen MR) is 221 cm³/mol. The Hall–Kier alpha value is -3.96. The fourth-order valence-corrected chi connectivity index (χ4v) is 9.33. The third-order valence-corrected chi connectivity index (χ3v) is 12.6. The highest BCUT2D eigenvalue weighted by Gasteiger charge is 2.58. The van der Waals surface area contributed by atoms with E-state index in [1.165, 1.54) is 6.92 Å². The Morgan fingerprint density at radius 2 is 1.83 bits per heavy atom. The molecule has 3 saturated heterocycles. The number of aryl methyl sites for hydroxylation is 1. The molecule has 0 saturated carbocycles. The van der Waals surface area contributed by atoms with Crippen molar-refractivity contribution < 1.29 is 43.2 Å². The zero-order chi connectivity index (χ0) is 43.2. The molecule has 2 aromatic rings. The Kier molecular flexibility index (Phi) is 15.7. The van der Waals surface area contributed by atoms with Gasteiger partial charge < -0.3 is 44.8 Å². The summed E-state index contributed by atoms with van der Waals surface area (Å²) in [4.78, 5) is 57.9.